The van der Waals surface area contributed by atoms with Crippen molar-refractivity contribution in [3.8, 4) is 11.5 Å². The third kappa shape index (κ3) is 3.48. The van der Waals surface area contributed by atoms with Gasteiger partial charge in [-0.2, -0.15) is 0 Å². The maximum atomic E-state index is 6.63. The topological polar surface area (TPSA) is 43.8 Å². The van der Waals surface area contributed by atoms with E-state index in [2.05, 4.69) is 139 Å². The van der Waals surface area contributed by atoms with Gasteiger partial charge in [-0.1, -0.05) is 137 Å². The molecule has 2 aliphatic rings. The van der Waals surface area contributed by atoms with E-state index in [-0.39, 0.29) is 42.7 Å². The fourth-order valence-corrected chi connectivity index (χ4v) is 9.20. The molecule has 6 heteroatoms. The Labute approximate surface area is 306 Å². The number of aromatic nitrogens is 4. The van der Waals surface area contributed by atoms with Crippen molar-refractivity contribution in [3.05, 3.63) is 107 Å². The molecule has 50 heavy (non-hydrogen) atoms. The maximum absolute atomic E-state index is 6.63. The van der Waals surface area contributed by atoms with Crippen LogP contribution in [0.15, 0.2) is 60.9 Å². The third-order valence-electron chi connectivity index (χ3n) is 13.5. The van der Waals surface area contributed by atoms with Crippen molar-refractivity contribution in [2.75, 3.05) is 0 Å². The Kier molecular flexibility index (Phi) is 6.07. The van der Waals surface area contributed by atoms with Crippen LogP contribution < -0.4 is 4.74 Å². The zero-order chi connectivity index (χ0) is 34.2. The van der Waals surface area contributed by atoms with E-state index in [1.54, 1.807) is 0 Å². The molecule has 10 rings (SSSR count). The van der Waals surface area contributed by atoms with Crippen LogP contribution in [-0.4, -0.2) is 18.8 Å². The summed E-state index contributed by atoms with van der Waals surface area (Å²) < 4.78 is 11.4. The first-order valence-corrected chi connectivity index (χ1v) is 17.4. The Morgan fingerprint density at radius 3 is 1.34 bits per heavy atom. The van der Waals surface area contributed by atoms with Crippen LogP contribution >= 0.6 is 0 Å². The van der Waals surface area contributed by atoms with E-state index in [0.29, 0.717) is 11.5 Å². The number of nitrogens with zero attached hydrogens (tertiary/aromatic N) is 4. The number of fused-ring (bicyclic) bond motifs is 6. The van der Waals surface area contributed by atoms with E-state index in [0.717, 1.165) is 32.8 Å². The summed E-state index contributed by atoms with van der Waals surface area (Å²) in [5.41, 5.74) is 11.7. The average Bonchev–Trinajstić information content (AvgIpc) is 3.71. The molecule has 4 aromatic heterocycles. The molecule has 0 saturated heterocycles. The van der Waals surface area contributed by atoms with Gasteiger partial charge in [-0.25, -0.2) is 0 Å². The van der Waals surface area contributed by atoms with E-state index >= 15 is 0 Å². The second-order valence-electron chi connectivity index (χ2n) is 16.7. The monoisotopic (exact) mass is 835 g/mol. The first-order chi connectivity index (χ1) is 23.2. The van der Waals surface area contributed by atoms with Crippen molar-refractivity contribution in [1.82, 2.24) is 18.8 Å². The number of ether oxygens (including phenoxy) is 1. The zero-order valence-electron chi connectivity index (χ0n) is 30.3. The molecule has 0 bridgehead atoms. The van der Waals surface area contributed by atoms with Crippen LogP contribution in [-0.2, 0) is 42.7 Å². The smallest absolute Gasteiger partial charge is 0.497 e. The van der Waals surface area contributed by atoms with Crippen LogP contribution in [0.4, 0.5) is 0 Å². The van der Waals surface area contributed by atoms with Crippen molar-refractivity contribution in [2.24, 2.45) is 0 Å². The normalized spacial score (nSPS) is 17.9. The Morgan fingerprint density at radius 2 is 0.940 bits per heavy atom. The van der Waals surface area contributed by atoms with E-state index in [1.165, 1.54) is 55.4 Å². The zero-order valence-corrected chi connectivity index (χ0v) is 32.6. The Balaban J connectivity index is 0.00000336. The number of hydrogen-bond donors (Lipinski definition) is 0. The van der Waals surface area contributed by atoms with Crippen LogP contribution in [0.5, 0.6) is 11.5 Å². The summed E-state index contributed by atoms with van der Waals surface area (Å²) in [5, 5.41) is 6.75. The van der Waals surface area contributed by atoms with Crippen molar-refractivity contribution < 1.29 is 25.8 Å². The molecule has 6 heterocycles. The third-order valence-corrected chi connectivity index (χ3v) is 13.5. The molecular formula is C44H40N4OPt. The molecule has 2 aliphatic heterocycles. The van der Waals surface area contributed by atoms with Gasteiger partial charge in [0.2, 0.25) is 0 Å². The van der Waals surface area contributed by atoms with Gasteiger partial charge in [0.1, 0.15) is 0 Å². The summed E-state index contributed by atoms with van der Waals surface area (Å²) in [5.74, 6) is 1.28. The van der Waals surface area contributed by atoms with Gasteiger partial charge >= 0.3 is 21.1 Å². The number of aryl methyl sites for hydroxylation is 2. The number of rotatable bonds is 2. The van der Waals surface area contributed by atoms with Crippen molar-refractivity contribution in [1.29, 1.82) is 0 Å². The first kappa shape index (κ1) is 31.7. The van der Waals surface area contributed by atoms with Gasteiger partial charge in [0.25, 0.3) is 0 Å². The number of imidazole rings is 2. The minimum absolute atomic E-state index is 0. The summed E-state index contributed by atoms with van der Waals surface area (Å²) in [6, 6.07) is 24.9. The van der Waals surface area contributed by atoms with Crippen LogP contribution in [0.1, 0.15) is 89.0 Å². The van der Waals surface area contributed by atoms with Crippen molar-refractivity contribution >= 4 is 54.6 Å². The fraction of sp³-hybridized carbons (Fsp3) is 0.318. The molecule has 0 aliphatic carbocycles. The summed E-state index contributed by atoms with van der Waals surface area (Å²) >= 11 is 0. The van der Waals surface area contributed by atoms with Gasteiger partial charge in [0.05, 0.1) is 11.3 Å². The minimum atomic E-state index is -0.115. The molecule has 4 aromatic carbocycles. The molecule has 0 spiro atoms. The number of benzene rings is 4. The summed E-state index contributed by atoms with van der Waals surface area (Å²) in [4.78, 5) is 10.1. The van der Waals surface area contributed by atoms with Crippen LogP contribution in [0.25, 0.3) is 54.6 Å². The van der Waals surface area contributed by atoms with Crippen LogP contribution in [0.2, 0.25) is 0 Å². The van der Waals surface area contributed by atoms with Crippen LogP contribution in [0, 0.1) is 26.0 Å². The fourth-order valence-electron chi connectivity index (χ4n) is 9.20. The summed E-state index contributed by atoms with van der Waals surface area (Å²) in [7, 11) is 0. The van der Waals surface area contributed by atoms with Crippen molar-refractivity contribution in [2.45, 2.75) is 90.9 Å². The molecule has 0 radical (unpaired) electrons. The average molecular weight is 836 g/mol. The molecule has 252 valence electrons. The van der Waals surface area contributed by atoms with E-state index in [1.807, 2.05) is 12.1 Å². The molecule has 8 aromatic rings. The standard InChI is InChI=1S/C44H40N4O.Pt/c1-23-11-17-31-37-35(23)27-15-13-25(19-29(27)39-45-21-33(47(37)39)43(7,8)41(31,3)4)49-26-14-16-28-30(20-26)40-46-22-34-44(9,10)42(5,6)32-18-12-24(2)36(28)38(32)48(34)40;/h11-18,21-22H,1-10H3;/q-2;+2. The molecular weight excluding hydrogens is 796 g/mol. The Morgan fingerprint density at radius 1 is 0.540 bits per heavy atom. The van der Waals surface area contributed by atoms with E-state index < -0.39 is 0 Å². The van der Waals surface area contributed by atoms with Gasteiger partial charge < -0.3 is 13.5 Å². The summed E-state index contributed by atoms with van der Waals surface area (Å²) in [6.45, 7) is 23.2. The van der Waals surface area contributed by atoms with Gasteiger partial charge in [-0.3, -0.25) is 9.97 Å². The van der Waals surface area contributed by atoms with Gasteiger partial charge in [-0.15, -0.1) is 12.1 Å². The second kappa shape index (κ2) is 9.56. The molecule has 0 N–H and O–H groups in total. The molecule has 0 amide bonds. The predicted octanol–water partition coefficient (Wildman–Crippen LogP) is 10.7. The number of hydrogen-bond acceptors (Lipinski definition) is 3. The molecule has 0 fully saturated rings. The maximum Gasteiger partial charge on any atom is 2.00 e. The summed E-state index contributed by atoms with van der Waals surface area (Å²) in [6.07, 6.45) is 4.14. The first-order valence-electron chi connectivity index (χ1n) is 17.4. The Bertz CT molecular complexity index is 2640. The molecule has 0 atom stereocenters. The number of pyridine rings is 2. The largest absolute Gasteiger partial charge is 2.00 e. The molecule has 0 saturated carbocycles. The molecule has 5 nitrogen and oxygen atoms in total. The van der Waals surface area contributed by atoms with Gasteiger partial charge in [-0.05, 0) is 35.7 Å². The SMILES string of the molecule is Cc1ccc2c3c1c1ccc(Oc4[c-]c5c(cc4)c4c(C)ccc6c4n4c(cnc54)C(C)(C)C6(C)C)[c-]c1c1ncc(n13)C(C)(C)C2(C)C.[Pt+2]. The van der Waals surface area contributed by atoms with Crippen LogP contribution in [0.3, 0.4) is 0 Å². The predicted molar refractivity (Wildman–Crippen MR) is 200 cm³/mol. The van der Waals surface area contributed by atoms with Crippen molar-refractivity contribution in [3.63, 3.8) is 0 Å². The quantitative estimate of drug-likeness (QED) is 0.129. The molecule has 0 unspecified atom stereocenters. The van der Waals surface area contributed by atoms with E-state index in [4.69, 9.17) is 14.7 Å². The van der Waals surface area contributed by atoms with Gasteiger partial charge in [0, 0.05) is 68.0 Å². The van der Waals surface area contributed by atoms with E-state index in [9.17, 15) is 0 Å². The van der Waals surface area contributed by atoms with Gasteiger partial charge in [0.15, 0.2) is 0 Å². The minimum Gasteiger partial charge on any atom is -0.497 e. The second-order valence-corrected chi connectivity index (χ2v) is 16.7. The Hall–Kier alpha value is -4.21.